The monoisotopic (exact) mass is 465 g/mol. The molecule has 1 aliphatic carbocycles. The van der Waals surface area contributed by atoms with Crippen LogP contribution in [0.1, 0.15) is 76.8 Å². The molecule has 0 unspecified atom stereocenters. The third kappa shape index (κ3) is 6.99. The number of aromatic amines is 1. The summed E-state index contributed by atoms with van der Waals surface area (Å²) in [5.74, 6) is 1.43. The maximum absolute atomic E-state index is 11.6. The van der Waals surface area contributed by atoms with Crippen LogP contribution in [-0.2, 0) is 16.0 Å². The van der Waals surface area contributed by atoms with Crippen LogP contribution in [0.5, 0.6) is 5.75 Å². The molecule has 34 heavy (non-hydrogen) atoms. The van der Waals surface area contributed by atoms with Gasteiger partial charge in [0.25, 0.3) is 0 Å². The molecule has 3 aromatic rings. The molecule has 1 fully saturated rings. The third-order valence-corrected chi connectivity index (χ3v) is 6.49. The second-order valence-corrected chi connectivity index (χ2v) is 10.1. The van der Waals surface area contributed by atoms with E-state index in [1.54, 1.807) is 7.11 Å². The van der Waals surface area contributed by atoms with E-state index in [0.717, 1.165) is 22.3 Å². The molecule has 6 nitrogen and oxygen atoms in total. The van der Waals surface area contributed by atoms with Crippen LogP contribution in [0, 0.1) is 5.41 Å². The molecule has 0 amide bonds. The third-order valence-electron chi connectivity index (χ3n) is 6.49. The first-order valence-corrected chi connectivity index (χ1v) is 12.2. The summed E-state index contributed by atoms with van der Waals surface area (Å²) in [4.78, 5) is 19.4. The SMILES string of the molecule is CC1(C)CCCCC1.COC(=O)Cc1cc2[nH]c(Nc3ccc(C(C)C)cc3)nc2cc1OC. The lowest BCUT2D eigenvalue weighted by atomic mass is 9.78. The summed E-state index contributed by atoms with van der Waals surface area (Å²) in [6.07, 6.45) is 7.46. The van der Waals surface area contributed by atoms with Crippen molar-refractivity contribution in [1.29, 1.82) is 0 Å². The van der Waals surface area contributed by atoms with Crippen LogP contribution < -0.4 is 10.1 Å². The van der Waals surface area contributed by atoms with E-state index in [1.807, 2.05) is 24.3 Å². The minimum Gasteiger partial charge on any atom is -0.496 e. The fraction of sp³-hybridized carbons (Fsp3) is 0.500. The van der Waals surface area contributed by atoms with E-state index in [4.69, 9.17) is 9.47 Å². The maximum Gasteiger partial charge on any atom is 0.310 e. The van der Waals surface area contributed by atoms with Crippen molar-refractivity contribution in [2.24, 2.45) is 5.41 Å². The van der Waals surface area contributed by atoms with Gasteiger partial charge in [0, 0.05) is 17.3 Å². The fourth-order valence-electron chi connectivity index (χ4n) is 4.29. The van der Waals surface area contributed by atoms with Crippen molar-refractivity contribution in [3.05, 3.63) is 47.5 Å². The highest BCUT2D eigenvalue weighted by atomic mass is 16.5. The number of benzene rings is 2. The Balaban J connectivity index is 0.000000343. The van der Waals surface area contributed by atoms with E-state index in [-0.39, 0.29) is 12.4 Å². The molecular weight excluding hydrogens is 426 g/mol. The quantitative estimate of drug-likeness (QED) is 0.379. The van der Waals surface area contributed by atoms with Gasteiger partial charge in [0.05, 0.1) is 31.7 Å². The second kappa shape index (κ2) is 11.4. The van der Waals surface area contributed by atoms with E-state index in [9.17, 15) is 4.79 Å². The van der Waals surface area contributed by atoms with Crippen molar-refractivity contribution in [2.75, 3.05) is 19.5 Å². The number of hydrogen-bond acceptors (Lipinski definition) is 5. The Hall–Kier alpha value is -3.02. The van der Waals surface area contributed by atoms with Crippen LogP contribution in [0.25, 0.3) is 11.0 Å². The highest BCUT2D eigenvalue weighted by Crippen LogP contribution is 2.34. The summed E-state index contributed by atoms with van der Waals surface area (Å²) in [5, 5.41) is 3.27. The Kier molecular flexibility index (Phi) is 8.59. The second-order valence-electron chi connectivity index (χ2n) is 10.1. The molecule has 184 valence electrons. The van der Waals surface area contributed by atoms with Crippen LogP contribution in [0.2, 0.25) is 0 Å². The topological polar surface area (TPSA) is 76.2 Å². The summed E-state index contributed by atoms with van der Waals surface area (Å²) in [7, 11) is 2.94. The van der Waals surface area contributed by atoms with Gasteiger partial charge in [0.2, 0.25) is 5.95 Å². The molecule has 1 saturated carbocycles. The smallest absolute Gasteiger partial charge is 0.310 e. The molecule has 1 aromatic heterocycles. The van der Waals surface area contributed by atoms with Gasteiger partial charge in [0.1, 0.15) is 5.75 Å². The average molecular weight is 466 g/mol. The number of hydrogen-bond donors (Lipinski definition) is 2. The Morgan fingerprint density at radius 1 is 1.09 bits per heavy atom. The fourth-order valence-corrected chi connectivity index (χ4v) is 4.29. The van der Waals surface area contributed by atoms with Crippen LogP contribution in [0.4, 0.5) is 11.6 Å². The van der Waals surface area contributed by atoms with Crippen molar-refractivity contribution in [3.8, 4) is 5.75 Å². The first-order valence-electron chi connectivity index (χ1n) is 12.2. The number of fused-ring (bicyclic) bond motifs is 1. The molecule has 0 bridgehead atoms. The van der Waals surface area contributed by atoms with Gasteiger partial charge in [-0.05, 0) is 47.9 Å². The van der Waals surface area contributed by atoms with Gasteiger partial charge in [-0.25, -0.2) is 4.98 Å². The molecule has 6 heteroatoms. The summed E-state index contributed by atoms with van der Waals surface area (Å²) in [6, 6.07) is 12.0. The standard InChI is InChI=1S/C20H23N3O3.C8H16/c1-12(2)13-5-7-15(8-6-13)21-20-22-16-9-14(10-19(24)26-4)18(25-3)11-17(16)23-20;1-8(2)6-4-3-5-7-8/h5-9,11-12H,10H2,1-4H3,(H2,21,22,23);3-7H2,1-2H3. The molecule has 2 N–H and O–H groups in total. The van der Waals surface area contributed by atoms with Gasteiger partial charge in [-0.3, -0.25) is 4.79 Å². The number of methoxy groups -OCH3 is 2. The first-order chi connectivity index (χ1) is 16.2. The lowest BCUT2D eigenvalue weighted by Crippen LogP contribution is -2.14. The van der Waals surface area contributed by atoms with Crippen molar-refractivity contribution < 1.29 is 14.3 Å². The van der Waals surface area contributed by atoms with E-state index in [0.29, 0.717) is 23.0 Å². The highest BCUT2D eigenvalue weighted by molar-refractivity contribution is 5.83. The first kappa shape index (κ1) is 25.6. The number of imidazole rings is 1. The molecule has 0 saturated heterocycles. The number of anilines is 2. The Bertz CT molecular complexity index is 1080. The lowest BCUT2D eigenvalue weighted by molar-refractivity contribution is -0.139. The Morgan fingerprint density at radius 3 is 2.29 bits per heavy atom. The molecule has 0 spiro atoms. The number of H-pyrrole nitrogens is 1. The number of rotatable bonds is 6. The van der Waals surface area contributed by atoms with Crippen molar-refractivity contribution in [1.82, 2.24) is 9.97 Å². The average Bonchev–Trinajstić information content (AvgIpc) is 3.20. The van der Waals surface area contributed by atoms with Gasteiger partial charge in [-0.15, -0.1) is 0 Å². The van der Waals surface area contributed by atoms with E-state index >= 15 is 0 Å². The lowest BCUT2D eigenvalue weighted by Gasteiger charge is -2.28. The number of nitrogens with zero attached hydrogens (tertiary/aromatic N) is 1. The Labute approximate surface area is 203 Å². The van der Waals surface area contributed by atoms with Gasteiger partial charge >= 0.3 is 5.97 Å². The van der Waals surface area contributed by atoms with Crippen molar-refractivity contribution in [3.63, 3.8) is 0 Å². The van der Waals surface area contributed by atoms with Crippen LogP contribution in [-0.4, -0.2) is 30.2 Å². The molecule has 4 rings (SSSR count). The molecule has 0 radical (unpaired) electrons. The van der Waals surface area contributed by atoms with Gasteiger partial charge in [-0.2, -0.15) is 0 Å². The molecule has 1 aliphatic rings. The number of ether oxygens (including phenoxy) is 2. The maximum atomic E-state index is 11.6. The van der Waals surface area contributed by atoms with Crippen LogP contribution in [0.3, 0.4) is 0 Å². The van der Waals surface area contributed by atoms with Gasteiger partial charge < -0.3 is 19.8 Å². The molecule has 0 aliphatic heterocycles. The highest BCUT2D eigenvalue weighted by Gasteiger charge is 2.20. The minimum absolute atomic E-state index is 0.147. The van der Waals surface area contributed by atoms with Crippen molar-refractivity contribution in [2.45, 2.75) is 72.1 Å². The minimum atomic E-state index is -0.314. The summed E-state index contributed by atoms with van der Waals surface area (Å²) in [5.41, 5.74) is 5.26. The largest absolute Gasteiger partial charge is 0.496 e. The summed E-state index contributed by atoms with van der Waals surface area (Å²) >= 11 is 0. The molecule has 1 heterocycles. The van der Waals surface area contributed by atoms with E-state index < -0.39 is 0 Å². The molecular formula is C28H39N3O3. The number of carbonyl (C=O) groups excluding carboxylic acids is 1. The van der Waals surface area contributed by atoms with Crippen molar-refractivity contribution >= 4 is 28.6 Å². The summed E-state index contributed by atoms with van der Waals surface area (Å²) < 4.78 is 10.1. The number of carbonyl (C=O) groups is 1. The number of esters is 1. The predicted octanol–water partition coefficient (Wildman–Crippen LogP) is 7.13. The normalized spacial score (nSPS) is 14.9. The number of nitrogens with one attached hydrogen (secondary N) is 2. The van der Waals surface area contributed by atoms with E-state index in [2.05, 4.69) is 55.1 Å². The zero-order valence-electron chi connectivity index (χ0n) is 21.5. The molecule has 2 aromatic carbocycles. The predicted molar refractivity (Wildman–Crippen MR) is 139 cm³/mol. The van der Waals surface area contributed by atoms with E-state index in [1.165, 1.54) is 44.8 Å². The Morgan fingerprint density at radius 2 is 1.76 bits per heavy atom. The van der Waals surface area contributed by atoms with Gasteiger partial charge in [-0.1, -0.05) is 59.1 Å². The molecule has 0 atom stereocenters. The van der Waals surface area contributed by atoms with Crippen LogP contribution in [0.15, 0.2) is 36.4 Å². The zero-order valence-corrected chi connectivity index (χ0v) is 21.5. The zero-order chi connectivity index (χ0) is 24.7. The van der Waals surface area contributed by atoms with Gasteiger partial charge in [0.15, 0.2) is 0 Å². The summed E-state index contributed by atoms with van der Waals surface area (Å²) in [6.45, 7) is 9.10. The van der Waals surface area contributed by atoms with Crippen LogP contribution >= 0.6 is 0 Å². The number of aromatic nitrogens is 2.